The minimum absolute atomic E-state index is 0.115. The maximum atomic E-state index is 12.1. The SMILES string of the molecule is CS(=O)(=O)Cl.O=C(c1ccccc1)c1ccccc1[N+](=O)[O-]. The number of carbonyl (C=O) groups excluding carboxylic acids is 1. The van der Waals surface area contributed by atoms with Crippen molar-refractivity contribution in [3.05, 3.63) is 75.8 Å². The van der Waals surface area contributed by atoms with Crippen molar-refractivity contribution in [2.45, 2.75) is 0 Å². The van der Waals surface area contributed by atoms with Crippen LogP contribution < -0.4 is 0 Å². The largest absolute Gasteiger partial charge is 0.288 e. The smallest absolute Gasteiger partial charge is 0.280 e. The van der Waals surface area contributed by atoms with E-state index < -0.39 is 14.0 Å². The Morgan fingerprint density at radius 3 is 2.00 bits per heavy atom. The van der Waals surface area contributed by atoms with Gasteiger partial charge in [-0.25, -0.2) is 8.42 Å². The van der Waals surface area contributed by atoms with Gasteiger partial charge >= 0.3 is 0 Å². The summed E-state index contributed by atoms with van der Waals surface area (Å²) in [6.45, 7) is 0. The highest BCUT2D eigenvalue weighted by Gasteiger charge is 2.19. The van der Waals surface area contributed by atoms with Crippen molar-refractivity contribution < 1.29 is 18.1 Å². The van der Waals surface area contributed by atoms with E-state index in [-0.39, 0.29) is 17.0 Å². The molecule has 0 atom stereocenters. The predicted octanol–water partition coefficient (Wildman–Crippen LogP) is 3.01. The number of para-hydroxylation sites is 1. The number of nitro benzene ring substituents is 1. The van der Waals surface area contributed by atoms with Crippen LogP contribution in [0.15, 0.2) is 54.6 Å². The van der Waals surface area contributed by atoms with Crippen LogP contribution >= 0.6 is 10.7 Å². The van der Waals surface area contributed by atoms with Gasteiger partial charge in [0.1, 0.15) is 5.56 Å². The van der Waals surface area contributed by atoms with Crippen molar-refractivity contribution in [2.24, 2.45) is 0 Å². The lowest BCUT2D eigenvalue weighted by Gasteiger charge is -2.01. The zero-order valence-electron chi connectivity index (χ0n) is 11.5. The maximum absolute atomic E-state index is 12.1. The van der Waals surface area contributed by atoms with Gasteiger partial charge in [-0.15, -0.1) is 0 Å². The number of carbonyl (C=O) groups is 1. The number of hydrogen-bond acceptors (Lipinski definition) is 5. The molecule has 0 aliphatic rings. The summed E-state index contributed by atoms with van der Waals surface area (Å²) < 4.78 is 18.8. The molecule has 0 saturated carbocycles. The van der Waals surface area contributed by atoms with Crippen LogP contribution in [0.4, 0.5) is 5.69 Å². The Labute approximate surface area is 131 Å². The Hall–Kier alpha value is -2.25. The van der Waals surface area contributed by atoms with Gasteiger partial charge in [-0.05, 0) is 6.07 Å². The quantitative estimate of drug-likeness (QED) is 0.370. The van der Waals surface area contributed by atoms with Crippen molar-refractivity contribution in [2.75, 3.05) is 6.26 Å². The Balaban J connectivity index is 0.000000422. The zero-order valence-corrected chi connectivity index (χ0v) is 13.0. The van der Waals surface area contributed by atoms with E-state index in [1.807, 2.05) is 0 Å². The molecule has 2 rings (SSSR count). The van der Waals surface area contributed by atoms with E-state index in [1.165, 1.54) is 12.1 Å². The fourth-order valence-electron chi connectivity index (χ4n) is 1.57. The first kappa shape index (κ1) is 17.8. The molecule has 0 unspecified atom stereocenters. The van der Waals surface area contributed by atoms with Crippen molar-refractivity contribution in [3.8, 4) is 0 Å². The van der Waals surface area contributed by atoms with E-state index in [1.54, 1.807) is 42.5 Å². The van der Waals surface area contributed by atoms with Gasteiger partial charge in [0.25, 0.3) is 5.69 Å². The van der Waals surface area contributed by atoms with Gasteiger partial charge in [0.05, 0.1) is 11.2 Å². The third kappa shape index (κ3) is 6.02. The lowest BCUT2D eigenvalue weighted by molar-refractivity contribution is -0.385. The van der Waals surface area contributed by atoms with Gasteiger partial charge in [-0.1, -0.05) is 42.5 Å². The third-order valence-corrected chi connectivity index (χ3v) is 2.38. The zero-order chi connectivity index (χ0) is 16.8. The van der Waals surface area contributed by atoms with Crippen LogP contribution in [0.3, 0.4) is 0 Å². The van der Waals surface area contributed by atoms with Gasteiger partial charge in [0, 0.05) is 22.3 Å². The highest BCUT2D eigenvalue weighted by atomic mass is 35.7. The molecule has 2 aromatic rings. The lowest BCUT2D eigenvalue weighted by atomic mass is 10.0. The van der Waals surface area contributed by atoms with Crippen LogP contribution in [0.1, 0.15) is 15.9 Å². The molecule has 22 heavy (non-hydrogen) atoms. The van der Waals surface area contributed by atoms with Gasteiger partial charge in [0.2, 0.25) is 9.05 Å². The number of rotatable bonds is 3. The third-order valence-electron chi connectivity index (χ3n) is 2.38. The van der Waals surface area contributed by atoms with Crippen molar-refractivity contribution in [3.63, 3.8) is 0 Å². The fraction of sp³-hybridized carbons (Fsp3) is 0.0714. The summed E-state index contributed by atoms with van der Waals surface area (Å²) in [5.41, 5.74) is 0.395. The molecule has 0 bridgehead atoms. The molecule has 0 saturated heterocycles. The normalized spacial score (nSPS) is 10.3. The van der Waals surface area contributed by atoms with Gasteiger partial charge in [0.15, 0.2) is 5.78 Å². The van der Waals surface area contributed by atoms with E-state index >= 15 is 0 Å². The summed E-state index contributed by atoms with van der Waals surface area (Å²) >= 11 is 0. The molecular formula is C14H12ClNO5S. The first-order valence-electron chi connectivity index (χ1n) is 5.93. The van der Waals surface area contributed by atoms with Gasteiger partial charge in [-0.2, -0.15) is 0 Å². The highest BCUT2D eigenvalue weighted by molar-refractivity contribution is 8.13. The minimum Gasteiger partial charge on any atom is -0.288 e. The van der Waals surface area contributed by atoms with Crippen molar-refractivity contribution >= 4 is 31.2 Å². The Morgan fingerprint density at radius 1 is 1.05 bits per heavy atom. The van der Waals surface area contributed by atoms with Crippen LogP contribution in [0.2, 0.25) is 0 Å². The molecule has 0 amide bonds. The molecule has 0 aromatic heterocycles. The van der Waals surface area contributed by atoms with E-state index in [0.717, 1.165) is 6.26 Å². The van der Waals surface area contributed by atoms with Crippen molar-refractivity contribution in [1.82, 2.24) is 0 Å². The van der Waals surface area contributed by atoms with Crippen LogP contribution in [-0.2, 0) is 9.05 Å². The number of hydrogen-bond donors (Lipinski definition) is 0. The molecule has 0 radical (unpaired) electrons. The summed E-state index contributed by atoms with van der Waals surface area (Å²) in [5.74, 6) is -0.335. The van der Waals surface area contributed by atoms with Crippen molar-refractivity contribution in [1.29, 1.82) is 0 Å². The summed E-state index contributed by atoms with van der Waals surface area (Å²) in [4.78, 5) is 22.3. The standard InChI is InChI=1S/C13H9NO3.CH3ClO2S/c15-13(10-6-2-1-3-7-10)11-8-4-5-9-12(11)14(16)17;1-5(2,3)4/h1-9H;1H3. The molecule has 8 heteroatoms. The van der Waals surface area contributed by atoms with Crippen LogP contribution in [-0.4, -0.2) is 25.4 Å². The maximum Gasteiger partial charge on any atom is 0.280 e. The second-order valence-corrected chi connectivity index (χ2v) is 7.20. The number of benzene rings is 2. The number of ketones is 1. The summed E-state index contributed by atoms with van der Waals surface area (Å²) in [6, 6.07) is 14.5. The first-order valence-corrected chi connectivity index (χ1v) is 8.64. The molecule has 0 spiro atoms. The Kier molecular flexibility index (Phi) is 6.21. The Morgan fingerprint density at radius 2 is 1.50 bits per heavy atom. The monoisotopic (exact) mass is 341 g/mol. The van der Waals surface area contributed by atoms with E-state index in [9.17, 15) is 23.3 Å². The second-order valence-electron chi connectivity index (χ2n) is 4.15. The summed E-state index contributed by atoms with van der Waals surface area (Å²) in [5, 5.41) is 10.8. The fourth-order valence-corrected chi connectivity index (χ4v) is 1.57. The number of nitro groups is 1. The topological polar surface area (TPSA) is 94.3 Å². The Bertz CT molecular complexity index is 767. The predicted molar refractivity (Wildman–Crippen MR) is 83.7 cm³/mol. The molecule has 116 valence electrons. The summed E-state index contributed by atoms with van der Waals surface area (Å²) in [7, 11) is 1.31. The average molecular weight is 342 g/mol. The van der Waals surface area contributed by atoms with E-state index in [4.69, 9.17) is 0 Å². The van der Waals surface area contributed by atoms with Gasteiger partial charge < -0.3 is 0 Å². The summed E-state index contributed by atoms with van der Waals surface area (Å²) in [6.07, 6.45) is 0.925. The highest BCUT2D eigenvalue weighted by Crippen LogP contribution is 2.20. The van der Waals surface area contributed by atoms with Crippen LogP contribution in [0, 0.1) is 10.1 Å². The van der Waals surface area contributed by atoms with Crippen LogP contribution in [0.5, 0.6) is 0 Å². The number of nitrogens with zero attached hydrogens (tertiary/aromatic N) is 1. The van der Waals surface area contributed by atoms with E-state index in [2.05, 4.69) is 10.7 Å². The number of halogens is 1. The second kappa shape index (κ2) is 7.67. The molecular weight excluding hydrogens is 330 g/mol. The molecule has 6 nitrogen and oxygen atoms in total. The van der Waals surface area contributed by atoms with Gasteiger partial charge in [-0.3, -0.25) is 14.9 Å². The minimum atomic E-state index is -3.19. The first-order chi connectivity index (χ1) is 10.2. The molecule has 0 fully saturated rings. The molecule has 0 aliphatic heterocycles. The van der Waals surface area contributed by atoms with Crippen LogP contribution in [0.25, 0.3) is 0 Å². The molecule has 0 N–H and O–H groups in total. The average Bonchev–Trinajstić information content (AvgIpc) is 2.45. The van der Waals surface area contributed by atoms with E-state index in [0.29, 0.717) is 5.56 Å². The molecule has 0 heterocycles. The lowest BCUT2D eigenvalue weighted by Crippen LogP contribution is -2.04. The molecule has 2 aromatic carbocycles. The molecule has 0 aliphatic carbocycles.